The third-order valence-electron chi connectivity index (χ3n) is 1.54. The Morgan fingerprint density at radius 1 is 1.62 bits per heavy atom. The first-order chi connectivity index (χ1) is 6.18. The summed E-state index contributed by atoms with van der Waals surface area (Å²) in [7, 11) is 0. The van der Waals surface area contributed by atoms with Crippen molar-refractivity contribution in [2.75, 3.05) is 6.54 Å². The van der Waals surface area contributed by atoms with Gasteiger partial charge in [-0.15, -0.1) is 0 Å². The number of carboxylic acids is 1. The van der Waals surface area contributed by atoms with Crippen molar-refractivity contribution in [1.29, 1.82) is 0 Å². The van der Waals surface area contributed by atoms with Crippen LogP contribution in [0.25, 0.3) is 0 Å². The number of unbranched alkanes of at least 4 members (excludes halogenated alkanes) is 1. The molecule has 0 rings (SSSR count). The number of hydrazine groups is 1. The number of hydrogen-bond donors (Lipinski definition) is 4. The van der Waals surface area contributed by atoms with Crippen LogP contribution in [0.15, 0.2) is 4.99 Å². The number of nitrogens with one attached hydrogen (secondary N) is 1. The van der Waals surface area contributed by atoms with Gasteiger partial charge in [0.25, 0.3) is 0 Å². The maximum Gasteiger partial charge on any atom is 0.320 e. The van der Waals surface area contributed by atoms with Crippen LogP contribution in [-0.4, -0.2) is 30.0 Å². The van der Waals surface area contributed by atoms with Gasteiger partial charge in [-0.3, -0.25) is 9.79 Å². The van der Waals surface area contributed by atoms with Crippen molar-refractivity contribution < 1.29 is 9.90 Å². The zero-order valence-corrected chi connectivity index (χ0v) is 7.44. The maximum atomic E-state index is 10.3. The second kappa shape index (κ2) is 7.51. The van der Waals surface area contributed by atoms with Crippen molar-refractivity contribution >= 4 is 12.3 Å². The molecule has 0 unspecified atom stereocenters. The number of carboxylic acid groups (broad SMARTS) is 1. The van der Waals surface area contributed by atoms with Crippen LogP contribution in [-0.2, 0) is 4.79 Å². The zero-order valence-electron chi connectivity index (χ0n) is 7.44. The molecule has 6 nitrogen and oxygen atoms in total. The summed E-state index contributed by atoms with van der Waals surface area (Å²) in [4.78, 5) is 14.2. The van der Waals surface area contributed by atoms with Crippen molar-refractivity contribution in [3.05, 3.63) is 0 Å². The van der Waals surface area contributed by atoms with Crippen LogP contribution in [0.3, 0.4) is 0 Å². The Morgan fingerprint density at radius 3 is 2.85 bits per heavy atom. The first-order valence-corrected chi connectivity index (χ1v) is 4.11. The number of carbonyl (C=O) groups is 1. The molecule has 0 aliphatic carbocycles. The van der Waals surface area contributed by atoms with Gasteiger partial charge in [-0.25, -0.2) is 5.84 Å². The molecule has 0 fully saturated rings. The third-order valence-corrected chi connectivity index (χ3v) is 1.54. The number of rotatable bonds is 7. The highest BCUT2D eigenvalue weighted by Crippen LogP contribution is 1.98. The fourth-order valence-electron chi connectivity index (χ4n) is 0.808. The normalized spacial score (nSPS) is 13.1. The van der Waals surface area contributed by atoms with Gasteiger partial charge in [0.1, 0.15) is 6.04 Å². The molecule has 0 saturated carbocycles. The van der Waals surface area contributed by atoms with E-state index in [9.17, 15) is 4.79 Å². The van der Waals surface area contributed by atoms with Crippen LogP contribution >= 0.6 is 0 Å². The number of aliphatic carboxylic acids is 1. The summed E-state index contributed by atoms with van der Waals surface area (Å²) in [6, 6.07) is -0.753. The lowest BCUT2D eigenvalue weighted by molar-refractivity contribution is -0.138. The molecule has 0 spiro atoms. The lowest BCUT2D eigenvalue weighted by atomic mass is 10.1. The van der Waals surface area contributed by atoms with Crippen molar-refractivity contribution in [3.63, 3.8) is 0 Å². The SMILES string of the molecule is NNC=NCCCC[C@@H](N)C(=O)O. The van der Waals surface area contributed by atoms with Crippen molar-refractivity contribution in [3.8, 4) is 0 Å². The number of nitrogens with zero attached hydrogens (tertiary/aromatic N) is 1. The van der Waals surface area contributed by atoms with E-state index >= 15 is 0 Å². The molecular formula is C7H16N4O2. The Bertz CT molecular complexity index is 172. The van der Waals surface area contributed by atoms with E-state index < -0.39 is 12.0 Å². The quantitative estimate of drug-likeness (QED) is 0.135. The van der Waals surface area contributed by atoms with E-state index in [2.05, 4.69) is 10.4 Å². The van der Waals surface area contributed by atoms with Crippen LogP contribution in [0.1, 0.15) is 19.3 Å². The Hall–Kier alpha value is -1.14. The van der Waals surface area contributed by atoms with Crippen LogP contribution < -0.4 is 17.0 Å². The molecule has 0 aliphatic rings. The van der Waals surface area contributed by atoms with Crippen LogP contribution in [0.4, 0.5) is 0 Å². The predicted octanol–water partition coefficient (Wildman–Crippen LogP) is -0.940. The van der Waals surface area contributed by atoms with E-state index in [1.807, 2.05) is 0 Å². The van der Waals surface area contributed by atoms with Crippen molar-refractivity contribution in [1.82, 2.24) is 5.43 Å². The predicted molar refractivity (Wildman–Crippen MR) is 50.1 cm³/mol. The second-order valence-electron chi connectivity index (χ2n) is 2.64. The van der Waals surface area contributed by atoms with Gasteiger partial charge in [0.15, 0.2) is 0 Å². The highest BCUT2D eigenvalue weighted by molar-refractivity contribution is 5.72. The number of hydrogen-bond acceptors (Lipinski definition) is 4. The molecule has 0 amide bonds. The molecule has 0 saturated heterocycles. The minimum Gasteiger partial charge on any atom is -0.480 e. The maximum absolute atomic E-state index is 10.3. The number of aliphatic imine (C=N–C) groups is 1. The number of nitrogens with two attached hydrogens (primary N) is 2. The average Bonchev–Trinajstić information content (AvgIpc) is 2.10. The van der Waals surface area contributed by atoms with Gasteiger partial charge in [-0.1, -0.05) is 0 Å². The van der Waals surface area contributed by atoms with E-state index in [1.54, 1.807) is 0 Å². The largest absolute Gasteiger partial charge is 0.480 e. The van der Waals surface area contributed by atoms with Gasteiger partial charge in [-0.05, 0) is 19.3 Å². The summed E-state index contributed by atoms with van der Waals surface area (Å²) in [6.45, 7) is 0.635. The Labute approximate surface area is 77.0 Å². The van der Waals surface area contributed by atoms with Crippen LogP contribution in [0, 0.1) is 0 Å². The fourth-order valence-corrected chi connectivity index (χ4v) is 0.808. The molecular weight excluding hydrogens is 172 g/mol. The van der Waals surface area contributed by atoms with Crippen molar-refractivity contribution in [2.24, 2.45) is 16.6 Å². The molecule has 1 atom stereocenters. The van der Waals surface area contributed by atoms with E-state index in [4.69, 9.17) is 16.7 Å². The second-order valence-corrected chi connectivity index (χ2v) is 2.64. The summed E-state index contributed by atoms with van der Waals surface area (Å²) in [5.74, 6) is 3.98. The minimum atomic E-state index is -0.952. The lowest BCUT2D eigenvalue weighted by Gasteiger charge is -2.03. The van der Waals surface area contributed by atoms with E-state index in [1.165, 1.54) is 6.34 Å². The standard InChI is InChI=1S/C7H16N4O2/c8-6(7(12)13)3-1-2-4-10-5-11-9/h5-6H,1-4,8-9H2,(H,10,11)(H,12,13)/t6-/m1/s1. The fraction of sp³-hybridized carbons (Fsp3) is 0.714. The monoisotopic (exact) mass is 188 g/mol. The van der Waals surface area contributed by atoms with Gasteiger partial charge >= 0.3 is 5.97 Å². The molecule has 0 aromatic rings. The molecule has 6 heteroatoms. The average molecular weight is 188 g/mol. The van der Waals surface area contributed by atoms with Gasteiger partial charge in [-0.2, -0.15) is 0 Å². The van der Waals surface area contributed by atoms with Gasteiger partial charge in [0.05, 0.1) is 6.34 Å². The Kier molecular flexibility index (Phi) is 6.85. The van der Waals surface area contributed by atoms with E-state index in [0.29, 0.717) is 13.0 Å². The highest BCUT2D eigenvalue weighted by atomic mass is 16.4. The summed E-state index contributed by atoms with van der Waals surface area (Å²) in [5, 5.41) is 8.44. The summed E-state index contributed by atoms with van der Waals surface area (Å²) in [6.07, 6.45) is 3.46. The smallest absolute Gasteiger partial charge is 0.320 e. The zero-order chi connectivity index (χ0) is 10.1. The highest BCUT2D eigenvalue weighted by Gasteiger charge is 2.09. The van der Waals surface area contributed by atoms with Gasteiger partial charge in [0, 0.05) is 6.54 Å². The van der Waals surface area contributed by atoms with E-state index in [-0.39, 0.29) is 0 Å². The Morgan fingerprint density at radius 2 is 2.31 bits per heavy atom. The van der Waals surface area contributed by atoms with Crippen molar-refractivity contribution in [2.45, 2.75) is 25.3 Å². The molecule has 0 aromatic heterocycles. The van der Waals surface area contributed by atoms with Crippen LogP contribution in [0.2, 0.25) is 0 Å². The molecule has 0 heterocycles. The van der Waals surface area contributed by atoms with Gasteiger partial charge < -0.3 is 16.3 Å². The topological polar surface area (TPSA) is 114 Å². The van der Waals surface area contributed by atoms with Crippen LogP contribution in [0.5, 0.6) is 0 Å². The first-order valence-electron chi connectivity index (χ1n) is 4.11. The summed E-state index contributed by atoms with van der Waals surface area (Å²) in [5.41, 5.74) is 7.56. The summed E-state index contributed by atoms with van der Waals surface area (Å²) >= 11 is 0. The minimum absolute atomic E-state index is 0.487. The molecule has 0 aromatic carbocycles. The molecule has 76 valence electrons. The molecule has 13 heavy (non-hydrogen) atoms. The summed E-state index contributed by atoms with van der Waals surface area (Å²) < 4.78 is 0. The van der Waals surface area contributed by atoms with Gasteiger partial charge in [0.2, 0.25) is 0 Å². The Balaban J connectivity index is 3.25. The van der Waals surface area contributed by atoms with E-state index in [0.717, 1.165) is 12.8 Å². The molecule has 0 aliphatic heterocycles. The third kappa shape index (κ3) is 7.23. The lowest BCUT2D eigenvalue weighted by Crippen LogP contribution is -2.29. The first kappa shape index (κ1) is 11.9. The molecule has 0 radical (unpaired) electrons. The molecule has 0 bridgehead atoms. The molecule has 6 N–H and O–H groups in total.